The summed E-state index contributed by atoms with van der Waals surface area (Å²) in [7, 11) is 2.03. The fraction of sp³-hybridized carbons (Fsp3) is 0.300. The average Bonchev–Trinajstić information content (AvgIpc) is 2.29. The van der Waals surface area contributed by atoms with Gasteiger partial charge < -0.3 is 20.7 Å². The first kappa shape index (κ1) is 9.64. The molecule has 0 saturated heterocycles. The Morgan fingerprint density at radius 2 is 2.00 bits per heavy atom. The summed E-state index contributed by atoms with van der Waals surface area (Å²) < 4.78 is 0. The number of likely N-dealkylation sites (N-methyl/N-ethyl adjacent to an activating group) is 1. The van der Waals surface area contributed by atoms with Crippen LogP contribution in [-0.2, 0) is 0 Å². The van der Waals surface area contributed by atoms with Gasteiger partial charge in [0.1, 0.15) is 0 Å². The summed E-state index contributed by atoms with van der Waals surface area (Å²) >= 11 is 0. The molecule has 0 aromatic heterocycles. The molecule has 80 valence electrons. The van der Waals surface area contributed by atoms with E-state index in [0.717, 1.165) is 24.5 Å². The number of guanidine groups is 1. The van der Waals surface area contributed by atoms with Crippen molar-refractivity contribution in [2.24, 2.45) is 10.9 Å². The maximum absolute atomic E-state index is 8.69. The molecule has 0 bridgehead atoms. The number of benzene rings is 1. The number of nitrogens with zero attached hydrogens (tertiary/aromatic N) is 3. The highest BCUT2D eigenvalue weighted by Crippen LogP contribution is 2.31. The molecule has 1 aromatic carbocycles. The molecule has 1 heterocycles. The van der Waals surface area contributed by atoms with E-state index >= 15 is 0 Å². The highest BCUT2D eigenvalue weighted by Gasteiger charge is 2.21. The Labute approximate surface area is 88.4 Å². The largest absolute Gasteiger partial charge is 0.408 e. The third-order valence-corrected chi connectivity index (χ3v) is 2.62. The summed E-state index contributed by atoms with van der Waals surface area (Å²) in [6.07, 6.45) is 0. The molecule has 0 amide bonds. The van der Waals surface area contributed by atoms with E-state index < -0.39 is 0 Å². The van der Waals surface area contributed by atoms with Crippen molar-refractivity contribution in [1.29, 1.82) is 0 Å². The SMILES string of the molecule is CN1CCN(C(N)=NO)c2ccccc21. The van der Waals surface area contributed by atoms with Gasteiger partial charge in [0, 0.05) is 20.1 Å². The van der Waals surface area contributed by atoms with Crippen LogP contribution in [0.5, 0.6) is 0 Å². The van der Waals surface area contributed by atoms with Gasteiger partial charge in [-0.25, -0.2) is 0 Å². The molecule has 1 aliphatic rings. The van der Waals surface area contributed by atoms with Crippen LogP contribution in [0.15, 0.2) is 29.4 Å². The summed E-state index contributed by atoms with van der Waals surface area (Å²) in [5.41, 5.74) is 7.68. The Balaban J connectivity index is 2.45. The zero-order valence-corrected chi connectivity index (χ0v) is 8.59. The monoisotopic (exact) mass is 206 g/mol. The fourth-order valence-corrected chi connectivity index (χ4v) is 1.80. The van der Waals surface area contributed by atoms with E-state index in [2.05, 4.69) is 10.1 Å². The van der Waals surface area contributed by atoms with Crippen LogP contribution in [0.3, 0.4) is 0 Å². The van der Waals surface area contributed by atoms with Gasteiger partial charge >= 0.3 is 0 Å². The van der Waals surface area contributed by atoms with Gasteiger partial charge in [-0.2, -0.15) is 0 Å². The van der Waals surface area contributed by atoms with E-state index in [0.29, 0.717) is 0 Å². The molecule has 1 aromatic rings. The summed E-state index contributed by atoms with van der Waals surface area (Å²) in [6, 6.07) is 7.90. The lowest BCUT2D eigenvalue weighted by atomic mass is 10.2. The molecule has 0 atom stereocenters. The molecular weight excluding hydrogens is 192 g/mol. The predicted octanol–water partition coefficient (Wildman–Crippen LogP) is 0.647. The molecular formula is C10H14N4O. The molecule has 3 N–H and O–H groups in total. The zero-order valence-electron chi connectivity index (χ0n) is 8.59. The minimum atomic E-state index is 0.135. The quantitative estimate of drug-likeness (QED) is 0.283. The topological polar surface area (TPSA) is 65.1 Å². The molecule has 5 heteroatoms. The number of para-hydroxylation sites is 2. The van der Waals surface area contributed by atoms with E-state index in [-0.39, 0.29) is 5.96 Å². The maximum atomic E-state index is 8.69. The van der Waals surface area contributed by atoms with Gasteiger partial charge in [-0.15, -0.1) is 0 Å². The third-order valence-electron chi connectivity index (χ3n) is 2.62. The van der Waals surface area contributed by atoms with Crippen LogP contribution in [-0.4, -0.2) is 31.3 Å². The minimum absolute atomic E-state index is 0.135. The zero-order chi connectivity index (χ0) is 10.8. The van der Waals surface area contributed by atoms with Crippen molar-refractivity contribution in [2.45, 2.75) is 0 Å². The molecule has 1 aliphatic heterocycles. The normalized spacial score (nSPS) is 16.5. The minimum Gasteiger partial charge on any atom is -0.408 e. The van der Waals surface area contributed by atoms with Crippen LogP contribution in [0.4, 0.5) is 11.4 Å². The molecule has 0 aliphatic carbocycles. The Bertz CT molecular complexity index is 391. The van der Waals surface area contributed by atoms with Gasteiger partial charge in [0.2, 0.25) is 5.96 Å². The molecule has 0 saturated carbocycles. The van der Waals surface area contributed by atoms with Crippen LogP contribution in [0, 0.1) is 0 Å². The number of oxime groups is 1. The van der Waals surface area contributed by atoms with Crippen LogP contribution in [0.25, 0.3) is 0 Å². The number of hydrogen-bond donors (Lipinski definition) is 2. The number of rotatable bonds is 0. The van der Waals surface area contributed by atoms with Crippen molar-refractivity contribution in [3.8, 4) is 0 Å². The van der Waals surface area contributed by atoms with Crippen molar-refractivity contribution < 1.29 is 5.21 Å². The maximum Gasteiger partial charge on any atom is 0.237 e. The summed E-state index contributed by atoms with van der Waals surface area (Å²) in [6.45, 7) is 1.58. The van der Waals surface area contributed by atoms with Crippen LogP contribution >= 0.6 is 0 Å². The first-order valence-electron chi connectivity index (χ1n) is 4.79. The molecule has 0 radical (unpaired) electrons. The Hall–Kier alpha value is -1.91. The van der Waals surface area contributed by atoms with Crippen molar-refractivity contribution >= 4 is 17.3 Å². The van der Waals surface area contributed by atoms with Gasteiger partial charge in [-0.1, -0.05) is 17.3 Å². The number of fused-ring (bicyclic) bond motifs is 1. The van der Waals surface area contributed by atoms with E-state index in [1.807, 2.05) is 31.3 Å². The second-order valence-corrected chi connectivity index (χ2v) is 3.52. The Kier molecular flexibility index (Phi) is 2.37. The van der Waals surface area contributed by atoms with Gasteiger partial charge in [-0.3, -0.25) is 0 Å². The lowest BCUT2D eigenvalue weighted by molar-refractivity contribution is 0.317. The van der Waals surface area contributed by atoms with E-state index in [4.69, 9.17) is 10.9 Å². The fourth-order valence-electron chi connectivity index (χ4n) is 1.80. The Morgan fingerprint density at radius 1 is 1.33 bits per heavy atom. The molecule has 15 heavy (non-hydrogen) atoms. The van der Waals surface area contributed by atoms with Gasteiger partial charge in [0.15, 0.2) is 0 Å². The lowest BCUT2D eigenvalue weighted by Crippen LogP contribution is -2.46. The number of anilines is 2. The first-order valence-corrected chi connectivity index (χ1v) is 4.79. The molecule has 0 spiro atoms. The summed E-state index contributed by atoms with van der Waals surface area (Å²) in [5.74, 6) is 0.135. The van der Waals surface area contributed by atoms with Crippen LogP contribution in [0.1, 0.15) is 0 Å². The standard InChI is InChI=1S/C10H14N4O/c1-13-6-7-14(10(11)12-15)9-5-3-2-4-8(9)13/h2-5,15H,6-7H2,1H3,(H2,11,12). The highest BCUT2D eigenvalue weighted by molar-refractivity contribution is 5.98. The second kappa shape index (κ2) is 3.68. The van der Waals surface area contributed by atoms with E-state index in [1.54, 1.807) is 4.90 Å². The Morgan fingerprint density at radius 3 is 2.67 bits per heavy atom. The third kappa shape index (κ3) is 1.56. The first-order chi connectivity index (χ1) is 7.24. The van der Waals surface area contributed by atoms with Gasteiger partial charge in [-0.05, 0) is 12.1 Å². The van der Waals surface area contributed by atoms with E-state index in [1.165, 1.54) is 0 Å². The van der Waals surface area contributed by atoms with Crippen molar-refractivity contribution in [3.63, 3.8) is 0 Å². The van der Waals surface area contributed by atoms with Gasteiger partial charge in [0.05, 0.1) is 11.4 Å². The number of hydrogen-bond acceptors (Lipinski definition) is 3. The molecule has 2 rings (SSSR count). The average molecular weight is 206 g/mol. The smallest absolute Gasteiger partial charge is 0.237 e. The van der Waals surface area contributed by atoms with Crippen molar-refractivity contribution in [3.05, 3.63) is 24.3 Å². The van der Waals surface area contributed by atoms with Crippen molar-refractivity contribution in [2.75, 3.05) is 29.9 Å². The van der Waals surface area contributed by atoms with E-state index in [9.17, 15) is 0 Å². The second-order valence-electron chi connectivity index (χ2n) is 3.52. The molecule has 0 fully saturated rings. The number of nitrogens with two attached hydrogens (primary N) is 1. The molecule has 5 nitrogen and oxygen atoms in total. The molecule has 0 unspecified atom stereocenters. The summed E-state index contributed by atoms with van der Waals surface area (Å²) in [5, 5.41) is 11.7. The lowest BCUT2D eigenvalue weighted by Gasteiger charge is -2.35. The highest BCUT2D eigenvalue weighted by atomic mass is 16.4. The van der Waals surface area contributed by atoms with Crippen LogP contribution < -0.4 is 15.5 Å². The summed E-state index contributed by atoms with van der Waals surface area (Å²) in [4.78, 5) is 3.95. The predicted molar refractivity (Wildman–Crippen MR) is 60.5 cm³/mol. The van der Waals surface area contributed by atoms with Crippen LogP contribution in [0.2, 0.25) is 0 Å². The van der Waals surface area contributed by atoms with Gasteiger partial charge in [0.25, 0.3) is 0 Å². The van der Waals surface area contributed by atoms with Crippen molar-refractivity contribution in [1.82, 2.24) is 0 Å².